The van der Waals surface area contributed by atoms with Gasteiger partial charge in [-0.2, -0.15) is 0 Å². The fraction of sp³-hybridized carbons (Fsp3) is 0.345. The van der Waals surface area contributed by atoms with Gasteiger partial charge in [-0.1, -0.05) is 94.5 Å². The molecular weight excluding hydrogens is 412 g/mol. The van der Waals surface area contributed by atoms with Gasteiger partial charge in [0.15, 0.2) is 14.7 Å². The fourth-order valence-corrected chi connectivity index (χ4v) is 5.51. The summed E-state index contributed by atoms with van der Waals surface area (Å²) in [5.41, 5.74) is 1.47. The molecule has 0 aliphatic rings. The van der Waals surface area contributed by atoms with E-state index in [-0.39, 0.29) is 17.3 Å². The number of benzene rings is 3. The van der Waals surface area contributed by atoms with Gasteiger partial charge in [-0.05, 0) is 61.2 Å². The van der Waals surface area contributed by atoms with Crippen LogP contribution in [-0.4, -0.2) is 5.97 Å². The molecule has 0 aliphatic carbocycles. The number of carbonyl (C=O) groups excluding carboxylic acids is 1. The maximum atomic E-state index is 9.26. The molecule has 170 valence electrons. The van der Waals surface area contributed by atoms with Crippen molar-refractivity contribution in [1.29, 1.82) is 0 Å². The summed E-state index contributed by atoms with van der Waals surface area (Å²) >= 11 is 0. The fourth-order valence-electron chi connectivity index (χ4n) is 3.42. The van der Waals surface area contributed by atoms with Gasteiger partial charge in [0.25, 0.3) is 0 Å². The van der Waals surface area contributed by atoms with Gasteiger partial charge in [-0.25, -0.2) is 0 Å². The molecule has 0 fully saturated rings. The van der Waals surface area contributed by atoms with E-state index in [0.717, 1.165) is 0 Å². The number of rotatable bonds is 11. The molecule has 0 amide bonds. The van der Waals surface area contributed by atoms with Crippen LogP contribution >= 0.6 is 0 Å². The number of carbonyl (C=O) groups is 1. The van der Waals surface area contributed by atoms with Crippen molar-refractivity contribution in [2.75, 3.05) is 0 Å². The zero-order valence-electron chi connectivity index (χ0n) is 19.5. The van der Waals surface area contributed by atoms with Crippen molar-refractivity contribution >= 4 is 16.9 Å². The molecule has 0 unspecified atom stereocenters. The molecule has 3 aromatic carbocycles. The van der Waals surface area contributed by atoms with Crippen LogP contribution < -0.4 is 5.11 Å². The minimum absolute atomic E-state index is 0.0341. The zero-order valence-corrected chi connectivity index (χ0v) is 20.3. The quantitative estimate of drug-likeness (QED) is 0.238. The van der Waals surface area contributed by atoms with E-state index in [0.29, 0.717) is 0 Å². The predicted molar refractivity (Wildman–Crippen MR) is 134 cm³/mol. The van der Waals surface area contributed by atoms with Gasteiger partial charge >= 0.3 is 0 Å². The molecule has 0 saturated carbocycles. The van der Waals surface area contributed by atoms with Gasteiger partial charge in [-0.15, -0.1) is 0 Å². The molecule has 0 bridgehead atoms. The van der Waals surface area contributed by atoms with Crippen molar-refractivity contribution in [1.82, 2.24) is 0 Å². The van der Waals surface area contributed by atoms with Crippen molar-refractivity contribution in [2.45, 2.75) is 79.9 Å². The van der Waals surface area contributed by atoms with E-state index < -0.39 is 5.97 Å². The maximum Gasteiger partial charge on any atom is 0.166 e. The number of aryl methyl sites for hydroxylation is 1. The lowest BCUT2D eigenvalue weighted by atomic mass is 10.1. The Morgan fingerprint density at radius 2 is 1.09 bits per heavy atom. The highest BCUT2D eigenvalue weighted by Crippen LogP contribution is 2.31. The van der Waals surface area contributed by atoms with E-state index in [1.54, 1.807) is 0 Å². The molecule has 3 rings (SSSR count). The highest BCUT2D eigenvalue weighted by molar-refractivity contribution is 7.97. The third kappa shape index (κ3) is 9.32. The minimum atomic E-state index is -0.995. The molecule has 0 heterocycles. The number of hydrogen-bond donors (Lipinski definition) is 0. The summed E-state index contributed by atoms with van der Waals surface area (Å²) < 4.78 is 0. The lowest BCUT2D eigenvalue weighted by molar-refractivity contribution is -0.305. The van der Waals surface area contributed by atoms with E-state index in [1.165, 1.54) is 72.1 Å². The topological polar surface area (TPSA) is 40.1 Å². The average Bonchev–Trinajstić information content (AvgIpc) is 2.84. The first kappa shape index (κ1) is 25.7. The van der Waals surface area contributed by atoms with Crippen LogP contribution in [-0.2, 0) is 22.1 Å². The number of hydrogen-bond acceptors (Lipinski definition) is 2. The number of unbranched alkanes of at least 4 members (excludes halogenated alkanes) is 5. The van der Waals surface area contributed by atoms with Gasteiger partial charge < -0.3 is 9.90 Å². The number of carboxylic acid groups (broad SMARTS) is 1. The lowest BCUT2D eigenvalue weighted by Gasteiger charge is -2.09. The third-order valence-electron chi connectivity index (χ3n) is 5.22. The van der Waals surface area contributed by atoms with Crippen LogP contribution in [0.1, 0.15) is 64.4 Å². The Morgan fingerprint density at radius 1 is 0.656 bits per heavy atom. The molecule has 0 N–H and O–H groups in total. The molecule has 3 heteroatoms. The Labute approximate surface area is 197 Å². The van der Waals surface area contributed by atoms with E-state index in [4.69, 9.17) is 0 Å². The number of carboxylic acids is 1. The lowest BCUT2D eigenvalue weighted by Crippen LogP contribution is -2.19. The van der Waals surface area contributed by atoms with Crippen molar-refractivity contribution in [2.24, 2.45) is 0 Å². The highest BCUT2D eigenvalue weighted by Gasteiger charge is 2.27. The molecule has 32 heavy (non-hydrogen) atoms. The van der Waals surface area contributed by atoms with Gasteiger partial charge in [-0.3, -0.25) is 0 Å². The molecule has 2 nitrogen and oxygen atoms in total. The Kier molecular flexibility index (Phi) is 12.3. The molecule has 0 atom stereocenters. The monoisotopic (exact) mass is 448 g/mol. The second kappa shape index (κ2) is 15.3. The normalized spacial score (nSPS) is 10.5. The third-order valence-corrected chi connectivity index (χ3v) is 7.46. The van der Waals surface area contributed by atoms with E-state index >= 15 is 0 Å². The summed E-state index contributed by atoms with van der Waals surface area (Å²) in [6.45, 7) is 3.82. The molecule has 0 radical (unpaired) electrons. The van der Waals surface area contributed by atoms with Crippen molar-refractivity contribution in [3.8, 4) is 0 Å². The smallest absolute Gasteiger partial charge is 0.166 e. The summed E-state index contributed by atoms with van der Waals surface area (Å²) in [5.74, 6) is -0.995. The predicted octanol–water partition coefficient (Wildman–Crippen LogP) is 6.83. The first-order chi connectivity index (χ1) is 15.7. The zero-order chi connectivity index (χ0) is 23.0. The summed E-state index contributed by atoms with van der Waals surface area (Å²) in [4.78, 5) is 13.4. The summed E-state index contributed by atoms with van der Waals surface area (Å²) in [6.07, 6.45) is 9.48. The first-order valence-corrected chi connectivity index (χ1v) is 13.0. The summed E-state index contributed by atoms with van der Waals surface area (Å²) in [6, 6.07) is 31.1. The average molecular weight is 449 g/mol. The van der Waals surface area contributed by atoms with E-state index in [1.807, 2.05) is 0 Å². The van der Waals surface area contributed by atoms with Crippen molar-refractivity contribution < 1.29 is 9.90 Å². The molecule has 0 saturated heterocycles. The largest absolute Gasteiger partial charge is 0.550 e. The van der Waals surface area contributed by atoms with Gasteiger partial charge in [0.05, 0.1) is 10.9 Å². The van der Waals surface area contributed by atoms with E-state index in [9.17, 15) is 9.90 Å². The Bertz CT molecular complexity index is 837. The highest BCUT2D eigenvalue weighted by atomic mass is 32.2. The second-order valence-electron chi connectivity index (χ2n) is 7.82. The van der Waals surface area contributed by atoms with Crippen LogP contribution in [0.4, 0.5) is 0 Å². The molecule has 0 spiro atoms. The van der Waals surface area contributed by atoms with Crippen molar-refractivity contribution in [3.05, 3.63) is 90.5 Å². The maximum absolute atomic E-state index is 9.26. The SMILES string of the molecule is CCC(=O)[O-].CCCCCCCCc1ccc([S+](c2ccccc2)c2ccccc2)cc1. The number of aliphatic carboxylic acids is 1. The van der Waals surface area contributed by atoms with Crippen LogP contribution in [0.25, 0.3) is 0 Å². The van der Waals surface area contributed by atoms with Gasteiger partial charge in [0, 0.05) is 5.97 Å². The van der Waals surface area contributed by atoms with Crippen molar-refractivity contribution in [3.63, 3.8) is 0 Å². The van der Waals surface area contributed by atoms with Crippen LogP contribution in [0.5, 0.6) is 0 Å². The van der Waals surface area contributed by atoms with Crippen LogP contribution in [0.15, 0.2) is 99.6 Å². The van der Waals surface area contributed by atoms with Crippen LogP contribution in [0.3, 0.4) is 0 Å². The van der Waals surface area contributed by atoms with Gasteiger partial charge in [0.2, 0.25) is 0 Å². The molecule has 3 aromatic rings. The van der Waals surface area contributed by atoms with Crippen LogP contribution in [0, 0.1) is 0 Å². The Morgan fingerprint density at radius 3 is 1.56 bits per heavy atom. The molecule has 0 aromatic heterocycles. The Hall–Kier alpha value is -2.52. The molecule has 0 aliphatic heterocycles. The minimum Gasteiger partial charge on any atom is -0.550 e. The molecular formula is C29H36O2S. The summed E-state index contributed by atoms with van der Waals surface area (Å²) in [7, 11) is -0.0341. The van der Waals surface area contributed by atoms with Crippen LogP contribution in [0.2, 0.25) is 0 Å². The Balaban J connectivity index is 0.000000654. The van der Waals surface area contributed by atoms with Gasteiger partial charge in [0.1, 0.15) is 0 Å². The summed E-state index contributed by atoms with van der Waals surface area (Å²) in [5, 5.41) is 9.26. The first-order valence-electron chi connectivity index (χ1n) is 11.8. The second-order valence-corrected chi connectivity index (χ2v) is 9.85. The van der Waals surface area contributed by atoms with E-state index in [2.05, 4.69) is 91.9 Å². The standard InChI is InChI=1S/C26H31S.C3H6O2/c1-2-3-4-5-6-9-14-23-19-21-26(22-20-23)27(24-15-10-7-11-16-24)25-17-12-8-13-18-25;1-2-3(4)5/h7-8,10-13,15-22H,2-6,9,14H2,1H3;2H2,1H3,(H,4,5)/q+1;/p-1.